The molecule has 0 aliphatic rings. The standard InChI is InChI=1S/C20H19ClN2O6S/c1-27-14-6-4-13(5-7-14)12-29-20(24)16-9-19(30(22,25)26)17(21)10-18(16)23-11-15-3-2-8-28-15/h2-10,23H,11-12H2,1H3,(H2,22,25,26). The number of ether oxygens (including phenoxy) is 2. The van der Waals surface area contributed by atoms with E-state index >= 15 is 0 Å². The van der Waals surface area contributed by atoms with E-state index < -0.39 is 16.0 Å². The molecule has 0 aliphatic heterocycles. The van der Waals surface area contributed by atoms with Crippen LogP contribution in [0.2, 0.25) is 5.02 Å². The van der Waals surface area contributed by atoms with Gasteiger partial charge >= 0.3 is 5.97 Å². The van der Waals surface area contributed by atoms with Crippen LogP contribution in [0.25, 0.3) is 0 Å². The van der Waals surface area contributed by atoms with Crippen LogP contribution < -0.4 is 15.2 Å². The van der Waals surface area contributed by atoms with Gasteiger partial charge in [0.2, 0.25) is 10.0 Å². The summed E-state index contributed by atoms with van der Waals surface area (Å²) >= 11 is 6.07. The molecule has 0 saturated carbocycles. The Balaban J connectivity index is 1.85. The number of furan rings is 1. The molecule has 1 heterocycles. The Morgan fingerprint density at radius 3 is 2.53 bits per heavy atom. The maximum atomic E-state index is 12.7. The highest BCUT2D eigenvalue weighted by Crippen LogP contribution is 2.29. The highest BCUT2D eigenvalue weighted by molar-refractivity contribution is 7.89. The summed E-state index contributed by atoms with van der Waals surface area (Å²) in [6.07, 6.45) is 1.51. The van der Waals surface area contributed by atoms with Gasteiger partial charge in [-0.25, -0.2) is 18.4 Å². The lowest BCUT2D eigenvalue weighted by molar-refractivity contribution is 0.0473. The Bertz CT molecular complexity index is 1130. The number of nitrogens with one attached hydrogen (secondary N) is 1. The highest BCUT2D eigenvalue weighted by Gasteiger charge is 2.22. The van der Waals surface area contributed by atoms with Crippen molar-refractivity contribution in [1.29, 1.82) is 0 Å². The quantitative estimate of drug-likeness (QED) is 0.503. The lowest BCUT2D eigenvalue weighted by atomic mass is 10.1. The van der Waals surface area contributed by atoms with E-state index in [1.165, 1.54) is 12.3 Å². The molecule has 0 bridgehead atoms. The zero-order valence-electron chi connectivity index (χ0n) is 15.9. The third-order valence-electron chi connectivity index (χ3n) is 4.16. The average molecular weight is 451 g/mol. The van der Waals surface area contributed by atoms with Crippen LogP contribution >= 0.6 is 11.6 Å². The van der Waals surface area contributed by atoms with Crippen LogP contribution in [-0.2, 0) is 27.9 Å². The maximum absolute atomic E-state index is 12.7. The maximum Gasteiger partial charge on any atom is 0.340 e. The molecule has 3 N–H and O–H groups in total. The van der Waals surface area contributed by atoms with Crippen molar-refractivity contribution in [2.45, 2.75) is 18.0 Å². The van der Waals surface area contributed by atoms with E-state index in [2.05, 4.69) is 5.32 Å². The normalized spacial score (nSPS) is 11.2. The van der Waals surface area contributed by atoms with Crippen LogP contribution in [0.15, 0.2) is 64.1 Å². The number of esters is 1. The number of rotatable bonds is 8. The zero-order chi connectivity index (χ0) is 21.7. The first-order chi connectivity index (χ1) is 14.3. The Kier molecular flexibility index (Phi) is 6.66. The summed E-state index contributed by atoms with van der Waals surface area (Å²) in [6, 6.07) is 12.8. The predicted molar refractivity (Wildman–Crippen MR) is 111 cm³/mol. The number of halogens is 1. The molecule has 0 radical (unpaired) electrons. The number of carbonyl (C=O) groups excluding carboxylic acids is 1. The molecule has 30 heavy (non-hydrogen) atoms. The van der Waals surface area contributed by atoms with Crippen molar-refractivity contribution in [2.24, 2.45) is 5.14 Å². The first kappa shape index (κ1) is 21.7. The van der Waals surface area contributed by atoms with Gasteiger partial charge in [-0.2, -0.15) is 0 Å². The molecule has 0 aliphatic carbocycles. The molecule has 3 aromatic rings. The van der Waals surface area contributed by atoms with Gasteiger partial charge in [-0.05, 0) is 42.0 Å². The van der Waals surface area contributed by atoms with Crippen molar-refractivity contribution in [3.05, 3.63) is 76.7 Å². The lowest BCUT2D eigenvalue weighted by Gasteiger charge is -2.14. The van der Waals surface area contributed by atoms with Crippen LogP contribution in [0.3, 0.4) is 0 Å². The fourth-order valence-corrected chi connectivity index (χ4v) is 3.73. The summed E-state index contributed by atoms with van der Waals surface area (Å²) in [5, 5.41) is 8.09. The molecular formula is C20H19ClN2O6S. The van der Waals surface area contributed by atoms with E-state index in [1.807, 2.05) is 0 Å². The van der Waals surface area contributed by atoms with E-state index in [-0.39, 0.29) is 34.3 Å². The van der Waals surface area contributed by atoms with Crippen LogP contribution in [0.1, 0.15) is 21.7 Å². The third-order valence-corrected chi connectivity index (χ3v) is 5.54. The van der Waals surface area contributed by atoms with Crippen molar-refractivity contribution in [3.8, 4) is 5.75 Å². The minimum absolute atomic E-state index is 0.0201. The Labute approximate surface area is 178 Å². The summed E-state index contributed by atoms with van der Waals surface area (Å²) in [5.74, 6) is 0.540. The van der Waals surface area contributed by atoms with Gasteiger partial charge in [-0.15, -0.1) is 0 Å². The Morgan fingerprint density at radius 1 is 1.20 bits per heavy atom. The molecule has 3 rings (SSSR count). The number of methoxy groups -OCH3 is 1. The lowest BCUT2D eigenvalue weighted by Crippen LogP contribution is -2.16. The molecule has 2 aromatic carbocycles. The highest BCUT2D eigenvalue weighted by atomic mass is 35.5. The second kappa shape index (κ2) is 9.21. The predicted octanol–water partition coefficient (Wildman–Crippen LogP) is 3.56. The van der Waals surface area contributed by atoms with Gasteiger partial charge in [0.1, 0.15) is 23.0 Å². The number of primary sulfonamides is 1. The molecule has 0 spiro atoms. The van der Waals surface area contributed by atoms with E-state index in [9.17, 15) is 13.2 Å². The second-order valence-electron chi connectivity index (χ2n) is 6.23. The Hall–Kier alpha value is -3.01. The van der Waals surface area contributed by atoms with Crippen LogP contribution in [0.4, 0.5) is 5.69 Å². The number of anilines is 1. The van der Waals surface area contributed by atoms with Crippen molar-refractivity contribution >= 4 is 33.3 Å². The van der Waals surface area contributed by atoms with Crippen LogP contribution in [0, 0.1) is 0 Å². The van der Waals surface area contributed by atoms with Gasteiger partial charge in [0.25, 0.3) is 0 Å². The average Bonchev–Trinajstić information content (AvgIpc) is 3.23. The van der Waals surface area contributed by atoms with Gasteiger partial charge in [0.15, 0.2) is 0 Å². The molecule has 0 saturated heterocycles. The van der Waals surface area contributed by atoms with Gasteiger partial charge in [0, 0.05) is 0 Å². The summed E-state index contributed by atoms with van der Waals surface area (Å²) in [6.45, 7) is 0.227. The largest absolute Gasteiger partial charge is 0.497 e. The van der Waals surface area contributed by atoms with Crippen molar-refractivity contribution in [3.63, 3.8) is 0 Å². The fourth-order valence-electron chi connectivity index (χ4n) is 2.63. The van der Waals surface area contributed by atoms with Crippen molar-refractivity contribution in [2.75, 3.05) is 12.4 Å². The number of hydrogen-bond acceptors (Lipinski definition) is 7. The number of benzene rings is 2. The van der Waals surface area contributed by atoms with E-state index in [0.29, 0.717) is 11.5 Å². The van der Waals surface area contributed by atoms with Gasteiger partial charge in [-0.3, -0.25) is 0 Å². The third kappa shape index (κ3) is 5.32. The molecule has 0 unspecified atom stereocenters. The molecule has 1 aromatic heterocycles. The second-order valence-corrected chi connectivity index (χ2v) is 8.17. The number of sulfonamides is 1. The van der Waals surface area contributed by atoms with Crippen molar-refractivity contribution in [1.82, 2.24) is 0 Å². The molecule has 10 heteroatoms. The molecule has 158 valence electrons. The molecule has 0 amide bonds. The van der Waals surface area contributed by atoms with Crippen molar-refractivity contribution < 1.29 is 27.1 Å². The number of carbonyl (C=O) groups is 1. The summed E-state index contributed by atoms with van der Waals surface area (Å²) < 4.78 is 39.3. The smallest absolute Gasteiger partial charge is 0.340 e. The van der Waals surface area contributed by atoms with Gasteiger partial charge < -0.3 is 19.2 Å². The van der Waals surface area contributed by atoms with Crippen LogP contribution in [-0.4, -0.2) is 21.5 Å². The number of hydrogen-bond donors (Lipinski definition) is 2. The summed E-state index contributed by atoms with van der Waals surface area (Å²) in [5.41, 5.74) is 0.988. The summed E-state index contributed by atoms with van der Waals surface area (Å²) in [4.78, 5) is 12.4. The van der Waals surface area contributed by atoms with E-state index in [0.717, 1.165) is 11.6 Å². The van der Waals surface area contributed by atoms with E-state index in [1.54, 1.807) is 43.5 Å². The van der Waals surface area contributed by atoms with Crippen LogP contribution in [0.5, 0.6) is 5.75 Å². The molecule has 0 atom stereocenters. The van der Waals surface area contributed by atoms with Gasteiger partial charge in [0.05, 0.1) is 36.2 Å². The summed E-state index contributed by atoms with van der Waals surface area (Å²) in [7, 11) is -2.59. The van der Waals surface area contributed by atoms with E-state index in [4.69, 9.17) is 30.6 Å². The fraction of sp³-hybridized carbons (Fsp3) is 0.150. The Morgan fingerprint density at radius 2 is 1.93 bits per heavy atom. The minimum Gasteiger partial charge on any atom is -0.497 e. The molecule has 0 fully saturated rings. The number of nitrogens with two attached hydrogens (primary N) is 1. The SMILES string of the molecule is COc1ccc(COC(=O)c2cc(S(N)(=O)=O)c(Cl)cc2NCc2ccco2)cc1. The first-order valence-electron chi connectivity index (χ1n) is 8.70. The van der Waals surface area contributed by atoms with Gasteiger partial charge in [-0.1, -0.05) is 23.7 Å². The molecular weight excluding hydrogens is 432 g/mol. The molecule has 8 nitrogen and oxygen atoms in total. The topological polar surface area (TPSA) is 121 Å². The minimum atomic E-state index is -4.14. The monoisotopic (exact) mass is 450 g/mol. The zero-order valence-corrected chi connectivity index (χ0v) is 17.5. The first-order valence-corrected chi connectivity index (χ1v) is 10.6.